The third-order valence-electron chi connectivity index (χ3n) is 4.86. The van der Waals surface area contributed by atoms with Crippen molar-refractivity contribution in [3.05, 3.63) is 68.0 Å². The summed E-state index contributed by atoms with van der Waals surface area (Å²) < 4.78 is 0. The van der Waals surface area contributed by atoms with E-state index < -0.39 is 11.2 Å². The first kappa shape index (κ1) is 18.1. The molecule has 7 nitrogen and oxygen atoms in total. The molecule has 26 heavy (non-hydrogen) atoms. The Balaban J connectivity index is 1.45. The number of nitrogens with zero attached hydrogens (tertiary/aromatic N) is 1. The number of rotatable bonds is 6. The largest absolute Gasteiger partial charge is 0.355 e. The topological polar surface area (TPSA) is 98.1 Å². The number of carbonyl (C=O) groups is 1. The van der Waals surface area contributed by atoms with Crippen LogP contribution in [0.2, 0.25) is 0 Å². The lowest BCUT2D eigenvalue weighted by Crippen LogP contribution is -2.34. The van der Waals surface area contributed by atoms with Crippen LogP contribution in [0.15, 0.2) is 40.1 Å². The number of aromatic nitrogens is 2. The van der Waals surface area contributed by atoms with Crippen molar-refractivity contribution in [1.82, 2.24) is 20.2 Å². The van der Waals surface area contributed by atoms with E-state index in [0.717, 1.165) is 26.1 Å². The van der Waals surface area contributed by atoms with E-state index in [9.17, 15) is 14.4 Å². The van der Waals surface area contributed by atoms with E-state index in [0.29, 0.717) is 12.5 Å². The van der Waals surface area contributed by atoms with E-state index in [-0.39, 0.29) is 17.9 Å². The summed E-state index contributed by atoms with van der Waals surface area (Å²) in [4.78, 5) is 41.6. The Morgan fingerprint density at radius 1 is 1.27 bits per heavy atom. The zero-order valence-electron chi connectivity index (χ0n) is 14.9. The normalized spacial score (nSPS) is 17.3. The van der Waals surface area contributed by atoms with Crippen LogP contribution < -0.4 is 16.6 Å². The van der Waals surface area contributed by atoms with E-state index in [1.807, 2.05) is 0 Å². The van der Waals surface area contributed by atoms with Gasteiger partial charge in [0.15, 0.2) is 0 Å². The maximum absolute atomic E-state index is 12.1. The summed E-state index contributed by atoms with van der Waals surface area (Å²) in [5, 5.41) is 2.90. The van der Waals surface area contributed by atoms with Crippen molar-refractivity contribution < 1.29 is 4.79 Å². The number of aryl methyl sites for hydroxylation is 1. The summed E-state index contributed by atoms with van der Waals surface area (Å²) in [5.74, 6) is 0.205. The summed E-state index contributed by atoms with van der Waals surface area (Å²) in [6.45, 7) is 5.64. The number of likely N-dealkylation sites (tertiary alicyclic amines) is 1. The lowest BCUT2D eigenvalue weighted by Gasteiger charge is -2.17. The monoisotopic (exact) mass is 356 g/mol. The fourth-order valence-electron chi connectivity index (χ4n) is 3.31. The van der Waals surface area contributed by atoms with Crippen LogP contribution in [0.3, 0.4) is 0 Å². The molecule has 3 N–H and O–H groups in total. The summed E-state index contributed by atoms with van der Waals surface area (Å²) in [6, 6.07) is 8.40. The van der Waals surface area contributed by atoms with Crippen LogP contribution in [0.5, 0.6) is 0 Å². The van der Waals surface area contributed by atoms with Gasteiger partial charge in [-0.1, -0.05) is 24.3 Å². The first-order valence-electron chi connectivity index (χ1n) is 8.85. The van der Waals surface area contributed by atoms with Gasteiger partial charge in [-0.15, -0.1) is 0 Å². The predicted molar refractivity (Wildman–Crippen MR) is 99.0 cm³/mol. The van der Waals surface area contributed by atoms with Gasteiger partial charge in [0.25, 0.3) is 5.56 Å². The molecule has 1 aliphatic rings. The second-order valence-corrected chi connectivity index (χ2v) is 6.89. The Kier molecular flexibility index (Phi) is 5.68. The van der Waals surface area contributed by atoms with Crippen molar-refractivity contribution in [2.24, 2.45) is 5.92 Å². The van der Waals surface area contributed by atoms with Crippen molar-refractivity contribution in [3.8, 4) is 0 Å². The summed E-state index contributed by atoms with van der Waals surface area (Å²) in [5.41, 5.74) is 1.81. The smallest absolute Gasteiger partial charge is 0.325 e. The molecule has 1 aromatic carbocycles. The van der Waals surface area contributed by atoms with Crippen molar-refractivity contribution in [2.75, 3.05) is 19.6 Å². The molecule has 1 fully saturated rings. The number of benzene rings is 1. The second kappa shape index (κ2) is 8.14. The third-order valence-corrected chi connectivity index (χ3v) is 4.86. The first-order chi connectivity index (χ1) is 12.5. The molecule has 138 valence electrons. The first-order valence-corrected chi connectivity index (χ1v) is 8.85. The molecule has 0 bridgehead atoms. The van der Waals surface area contributed by atoms with Gasteiger partial charge in [-0.3, -0.25) is 19.5 Å². The van der Waals surface area contributed by atoms with Crippen LogP contribution in [0.25, 0.3) is 0 Å². The van der Waals surface area contributed by atoms with Gasteiger partial charge in [0.05, 0.1) is 6.42 Å². The van der Waals surface area contributed by atoms with Crippen molar-refractivity contribution in [1.29, 1.82) is 0 Å². The number of hydrogen-bond acceptors (Lipinski definition) is 4. The Hall–Kier alpha value is -2.67. The van der Waals surface area contributed by atoms with Gasteiger partial charge < -0.3 is 10.3 Å². The fraction of sp³-hybridized carbons (Fsp3) is 0.421. The number of hydrogen-bond donors (Lipinski definition) is 3. The number of carbonyl (C=O) groups excluding carboxylic acids is 1. The molecule has 1 atom stereocenters. The number of H-pyrrole nitrogens is 2. The van der Waals surface area contributed by atoms with Gasteiger partial charge in [-0.2, -0.15) is 0 Å². The van der Waals surface area contributed by atoms with E-state index in [4.69, 9.17) is 0 Å². The van der Waals surface area contributed by atoms with Gasteiger partial charge >= 0.3 is 5.69 Å². The highest BCUT2D eigenvalue weighted by molar-refractivity contribution is 5.78. The minimum atomic E-state index is -0.571. The van der Waals surface area contributed by atoms with Crippen LogP contribution in [0.4, 0.5) is 0 Å². The predicted octanol–water partition coefficient (Wildman–Crippen LogP) is 0.552. The Morgan fingerprint density at radius 3 is 2.85 bits per heavy atom. The molecular formula is C19H24N4O3. The quantitative estimate of drug-likeness (QED) is 0.704. The molecular weight excluding hydrogens is 332 g/mol. The van der Waals surface area contributed by atoms with Crippen molar-refractivity contribution in [3.63, 3.8) is 0 Å². The van der Waals surface area contributed by atoms with Gasteiger partial charge in [0, 0.05) is 31.4 Å². The molecule has 0 aliphatic carbocycles. The highest BCUT2D eigenvalue weighted by atomic mass is 16.2. The Morgan fingerprint density at radius 2 is 2.08 bits per heavy atom. The van der Waals surface area contributed by atoms with E-state index >= 15 is 0 Å². The average Bonchev–Trinajstić information content (AvgIpc) is 3.05. The molecule has 1 saturated heterocycles. The highest BCUT2D eigenvalue weighted by Gasteiger charge is 2.23. The van der Waals surface area contributed by atoms with Crippen molar-refractivity contribution in [2.45, 2.75) is 26.3 Å². The lowest BCUT2D eigenvalue weighted by atomic mass is 10.1. The Bertz CT molecular complexity index is 887. The maximum Gasteiger partial charge on any atom is 0.325 e. The van der Waals surface area contributed by atoms with Crippen LogP contribution in [0.1, 0.15) is 23.1 Å². The minimum absolute atomic E-state index is 0.0360. The van der Waals surface area contributed by atoms with Crippen LogP contribution in [0, 0.1) is 12.8 Å². The van der Waals surface area contributed by atoms with Gasteiger partial charge in [0.1, 0.15) is 0 Å². The lowest BCUT2D eigenvalue weighted by molar-refractivity contribution is -0.120. The SMILES string of the molecule is Cc1ccccc1CN1CC[C@@H](CNC(=O)Cc2c[nH]c(=O)[nH]c2=O)C1. The van der Waals surface area contributed by atoms with Crippen molar-refractivity contribution >= 4 is 5.91 Å². The molecule has 1 amide bonds. The highest BCUT2D eigenvalue weighted by Crippen LogP contribution is 2.19. The number of nitrogens with one attached hydrogen (secondary N) is 3. The zero-order valence-corrected chi connectivity index (χ0v) is 14.9. The van der Waals surface area contributed by atoms with E-state index in [1.54, 1.807) is 0 Å². The second-order valence-electron chi connectivity index (χ2n) is 6.89. The Labute approximate surface area is 151 Å². The van der Waals surface area contributed by atoms with Gasteiger partial charge in [0.2, 0.25) is 5.91 Å². The van der Waals surface area contributed by atoms with E-state index in [2.05, 4.69) is 51.4 Å². The average molecular weight is 356 g/mol. The standard InChI is InChI=1S/C19H24N4O3/c1-13-4-2-3-5-15(13)12-23-7-6-14(11-23)9-20-17(24)8-16-10-21-19(26)22-18(16)25/h2-5,10,14H,6-9,11-12H2,1H3,(H,20,24)(H2,21,22,25,26)/t14-/m0/s1. The molecule has 3 rings (SSSR count). The molecule has 7 heteroatoms. The summed E-state index contributed by atoms with van der Waals surface area (Å²) in [7, 11) is 0. The molecule has 0 radical (unpaired) electrons. The molecule has 2 aromatic rings. The summed E-state index contributed by atoms with van der Waals surface area (Å²) >= 11 is 0. The van der Waals surface area contributed by atoms with Gasteiger partial charge in [-0.25, -0.2) is 4.79 Å². The van der Waals surface area contributed by atoms with Gasteiger partial charge in [-0.05, 0) is 36.9 Å². The molecule has 0 spiro atoms. The minimum Gasteiger partial charge on any atom is -0.355 e. The fourth-order valence-corrected chi connectivity index (χ4v) is 3.31. The van der Waals surface area contributed by atoms with Crippen LogP contribution >= 0.6 is 0 Å². The van der Waals surface area contributed by atoms with Crippen LogP contribution in [-0.4, -0.2) is 40.4 Å². The summed E-state index contributed by atoms with van der Waals surface area (Å²) in [6.07, 6.45) is 2.30. The maximum atomic E-state index is 12.1. The molecule has 2 heterocycles. The zero-order chi connectivity index (χ0) is 18.5. The molecule has 0 saturated carbocycles. The number of aromatic amines is 2. The van der Waals surface area contributed by atoms with Crippen LogP contribution in [-0.2, 0) is 17.8 Å². The third kappa shape index (κ3) is 4.70. The molecule has 0 unspecified atom stereocenters. The molecule has 1 aliphatic heterocycles. The molecule has 1 aromatic heterocycles. The number of amides is 1. The van der Waals surface area contributed by atoms with E-state index in [1.165, 1.54) is 17.3 Å².